The lowest BCUT2D eigenvalue weighted by Crippen LogP contribution is -2.34. The molecule has 0 unspecified atom stereocenters. The van der Waals surface area contributed by atoms with E-state index in [-0.39, 0.29) is 31.0 Å². The third-order valence-electron chi connectivity index (χ3n) is 4.39. The van der Waals surface area contributed by atoms with Crippen LogP contribution in [0.4, 0.5) is 4.39 Å². The molecular formula is C22H22FN3O5. The molecule has 31 heavy (non-hydrogen) atoms. The number of rotatable bonds is 9. The predicted octanol–water partition coefficient (Wildman–Crippen LogP) is 2.26. The molecule has 3 aromatic rings. The van der Waals surface area contributed by atoms with Gasteiger partial charge in [-0.05, 0) is 36.4 Å². The summed E-state index contributed by atoms with van der Waals surface area (Å²) in [4.78, 5) is 24.1. The first-order valence-corrected chi connectivity index (χ1v) is 9.46. The summed E-state index contributed by atoms with van der Waals surface area (Å²) in [5.41, 5.74) is 0.866. The lowest BCUT2D eigenvalue weighted by molar-refractivity contribution is -0.123. The van der Waals surface area contributed by atoms with Crippen LogP contribution in [0.2, 0.25) is 0 Å². The predicted molar refractivity (Wildman–Crippen MR) is 112 cm³/mol. The van der Waals surface area contributed by atoms with Gasteiger partial charge in [0.15, 0.2) is 18.2 Å². The van der Waals surface area contributed by atoms with Crippen LogP contribution in [0.5, 0.6) is 17.2 Å². The highest BCUT2D eigenvalue weighted by Crippen LogP contribution is 2.31. The van der Waals surface area contributed by atoms with Gasteiger partial charge in [-0.15, -0.1) is 0 Å². The Hall–Kier alpha value is -3.88. The van der Waals surface area contributed by atoms with Crippen LogP contribution < -0.4 is 25.1 Å². The monoisotopic (exact) mass is 427 g/mol. The molecule has 1 aromatic heterocycles. The normalized spacial score (nSPS) is 10.4. The van der Waals surface area contributed by atoms with Crippen molar-refractivity contribution in [2.24, 2.45) is 0 Å². The van der Waals surface area contributed by atoms with E-state index in [1.54, 1.807) is 44.6 Å². The average molecular weight is 427 g/mol. The van der Waals surface area contributed by atoms with Crippen LogP contribution in [0.3, 0.4) is 0 Å². The third-order valence-corrected chi connectivity index (χ3v) is 4.39. The van der Waals surface area contributed by atoms with Gasteiger partial charge in [0, 0.05) is 18.2 Å². The summed E-state index contributed by atoms with van der Waals surface area (Å²) < 4.78 is 30.5. The Morgan fingerprint density at radius 2 is 1.87 bits per heavy atom. The molecule has 0 aliphatic carbocycles. The molecule has 0 aliphatic rings. The van der Waals surface area contributed by atoms with Crippen LogP contribution in [-0.2, 0) is 11.3 Å². The Bertz CT molecular complexity index is 1120. The number of hydrogen-bond donors (Lipinski definition) is 1. The number of methoxy groups -OCH3 is 2. The number of halogens is 1. The lowest BCUT2D eigenvalue weighted by atomic mass is 10.1. The molecule has 0 radical (unpaired) electrons. The zero-order chi connectivity index (χ0) is 22.2. The molecule has 0 saturated carbocycles. The minimum absolute atomic E-state index is 0.00419. The van der Waals surface area contributed by atoms with Gasteiger partial charge in [0.1, 0.15) is 11.5 Å². The maximum Gasteiger partial charge on any atom is 0.266 e. The second-order valence-electron chi connectivity index (χ2n) is 6.42. The van der Waals surface area contributed by atoms with Crippen molar-refractivity contribution in [1.29, 1.82) is 0 Å². The molecule has 1 N–H and O–H groups in total. The molecule has 0 spiro atoms. The number of ether oxygens (including phenoxy) is 3. The number of para-hydroxylation sites is 1. The van der Waals surface area contributed by atoms with Gasteiger partial charge in [0.25, 0.3) is 11.5 Å². The Kier molecular flexibility index (Phi) is 7.21. The second kappa shape index (κ2) is 10.2. The summed E-state index contributed by atoms with van der Waals surface area (Å²) in [6.07, 6.45) is 0. The fourth-order valence-electron chi connectivity index (χ4n) is 2.82. The summed E-state index contributed by atoms with van der Waals surface area (Å²) in [6.45, 7) is -0.0558. The fourth-order valence-corrected chi connectivity index (χ4v) is 2.82. The third kappa shape index (κ3) is 5.59. The SMILES string of the molecule is COc1ccc(OC)c(-c2ccc(=O)n(CCNC(=O)COc3ccccc3F)n2)c1. The standard InChI is InChI=1S/C22H22FN3O5/c1-29-15-7-9-19(30-2)16(13-15)18-8-10-22(28)26(25-18)12-11-24-21(27)14-31-20-6-4-3-5-17(20)23/h3-10,13H,11-12,14H2,1-2H3,(H,24,27). The quantitative estimate of drug-likeness (QED) is 0.563. The Morgan fingerprint density at radius 3 is 2.61 bits per heavy atom. The zero-order valence-corrected chi connectivity index (χ0v) is 17.1. The second-order valence-corrected chi connectivity index (χ2v) is 6.42. The van der Waals surface area contributed by atoms with Crippen LogP contribution >= 0.6 is 0 Å². The van der Waals surface area contributed by atoms with E-state index < -0.39 is 11.7 Å². The molecule has 0 atom stereocenters. The highest BCUT2D eigenvalue weighted by molar-refractivity contribution is 5.77. The van der Waals surface area contributed by atoms with Crippen molar-refractivity contribution in [2.45, 2.75) is 6.54 Å². The molecule has 8 nitrogen and oxygen atoms in total. The number of nitrogens with one attached hydrogen (secondary N) is 1. The molecule has 9 heteroatoms. The maximum atomic E-state index is 13.5. The highest BCUT2D eigenvalue weighted by Gasteiger charge is 2.11. The van der Waals surface area contributed by atoms with Gasteiger partial charge in [-0.3, -0.25) is 9.59 Å². The van der Waals surface area contributed by atoms with E-state index in [1.807, 2.05) is 0 Å². The molecule has 0 aliphatic heterocycles. The number of hydrogen-bond acceptors (Lipinski definition) is 6. The molecule has 0 fully saturated rings. The van der Waals surface area contributed by atoms with E-state index in [0.29, 0.717) is 22.8 Å². The highest BCUT2D eigenvalue weighted by atomic mass is 19.1. The smallest absolute Gasteiger partial charge is 0.266 e. The number of amides is 1. The molecule has 2 aromatic carbocycles. The van der Waals surface area contributed by atoms with Gasteiger partial charge in [0.2, 0.25) is 0 Å². The first-order valence-electron chi connectivity index (χ1n) is 9.46. The number of aromatic nitrogens is 2. The van der Waals surface area contributed by atoms with Gasteiger partial charge in [-0.25, -0.2) is 9.07 Å². The lowest BCUT2D eigenvalue weighted by Gasteiger charge is -2.12. The number of benzene rings is 2. The van der Waals surface area contributed by atoms with Crippen molar-refractivity contribution in [3.63, 3.8) is 0 Å². The average Bonchev–Trinajstić information content (AvgIpc) is 2.79. The number of carbonyl (C=O) groups excluding carboxylic acids is 1. The van der Waals surface area contributed by atoms with Gasteiger partial charge in [-0.2, -0.15) is 5.10 Å². The summed E-state index contributed by atoms with van der Waals surface area (Å²) in [5, 5.41) is 6.98. The van der Waals surface area contributed by atoms with E-state index in [0.717, 1.165) is 0 Å². The van der Waals surface area contributed by atoms with E-state index in [2.05, 4.69) is 10.4 Å². The van der Waals surface area contributed by atoms with E-state index in [1.165, 1.54) is 28.9 Å². The summed E-state index contributed by atoms with van der Waals surface area (Å²) in [7, 11) is 3.10. The van der Waals surface area contributed by atoms with E-state index >= 15 is 0 Å². The maximum absolute atomic E-state index is 13.5. The summed E-state index contributed by atoms with van der Waals surface area (Å²) >= 11 is 0. The minimum Gasteiger partial charge on any atom is -0.497 e. The van der Waals surface area contributed by atoms with Crippen molar-refractivity contribution in [3.05, 3.63) is 70.8 Å². The van der Waals surface area contributed by atoms with Crippen LogP contribution in [0.25, 0.3) is 11.3 Å². The molecule has 0 bridgehead atoms. The Morgan fingerprint density at radius 1 is 1.06 bits per heavy atom. The van der Waals surface area contributed by atoms with Crippen LogP contribution in [0.1, 0.15) is 0 Å². The van der Waals surface area contributed by atoms with Crippen molar-refractivity contribution in [3.8, 4) is 28.5 Å². The van der Waals surface area contributed by atoms with Gasteiger partial charge in [-0.1, -0.05) is 12.1 Å². The summed E-state index contributed by atoms with van der Waals surface area (Å²) in [6, 6.07) is 14.1. The van der Waals surface area contributed by atoms with Crippen LogP contribution in [-0.4, -0.2) is 43.1 Å². The van der Waals surface area contributed by atoms with Crippen LogP contribution in [0, 0.1) is 5.82 Å². The van der Waals surface area contributed by atoms with Crippen molar-refractivity contribution in [1.82, 2.24) is 15.1 Å². The molecule has 162 valence electrons. The molecule has 1 amide bonds. The fraction of sp³-hybridized carbons (Fsp3) is 0.227. The van der Waals surface area contributed by atoms with Gasteiger partial charge in [0.05, 0.1) is 26.5 Å². The van der Waals surface area contributed by atoms with Crippen molar-refractivity contribution in [2.75, 3.05) is 27.4 Å². The minimum atomic E-state index is -0.546. The van der Waals surface area contributed by atoms with E-state index in [4.69, 9.17) is 14.2 Å². The zero-order valence-electron chi connectivity index (χ0n) is 17.1. The van der Waals surface area contributed by atoms with Crippen molar-refractivity contribution < 1.29 is 23.4 Å². The topological polar surface area (TPSA) is 91.7 Å². The van der Waals surface area contributed by atoms with Crippen LogP contribution in [0.15, 0.2) is 59.4 Å². The number of carbonyl (C=O) groups is 1. The molecule has 1 heterocycles. The van der Waals surface area contributed by atoms with E-state index in [9.17, 15) is 14.0 Å². The largest absolute Gasteiger partial charge is 0.497 e. The Balaban J connectivity index is 1.63. The van der Waals surface area contributed by atoms with Gasteiger partial charge >= 0.3 is 0 Å². The molecule has 0 saturated heterocycles. The van der Waals surface area contributed by atoms with Gasteiger partial charge < -0.3 is 19.5 Å². The first kappa shape index (κ1) is 21.8. The molecular weight excluding hydrogens is 405 g/mol. The summed E-state index contributed by atoms with van der Waals surface area (Å²) in [5.74, 6) is 0.211. The number of nitrogens with zero attached hydrogens (tertiary/aromatic N) is 2. The first-order chi connectivity index (χ1) is 15.0. The Labute approximate surface area is 178 Å². The van der Waals surface area contributed by atoms with Crippen molar-refractivity contribution >= 4 is 5.91 Å². The molecule has 3 rings (SSSR count).